The molecule has 1 atom stereocenters. The topological polar surface area (TPSA) is 55.4 Å². The lowest BCUT2D eigenvalue weighted by Crippen LogP contribution is -2.35. The molecule has 2 aliphatic carbocycles. The number of dihydropyridines is 1. The first-order chi connectivity index (χ1) is 14.1. The standard InChI is InChI=1S/C24H29NO3S/c1-15-21(24(27)28-17-7-4-3-5-8-17)22(16-11-13-18(29-2)14-12-16)23-19(25-15)9-6-10-20(23)26/h11-14,17,22,25H,3-10H2,1-2H3/t22-/m1/s1. The summed E-state index contributed by atoms with van der Waals surface area (Å²) in [6.45, 7) is 1.93. The molecule has 154 valence electrons. The van der Waals surface area contributed by atoms with E-state index >= 15 is 0 Å². The SMILES string of the molecule is CSc1ccc([C@@H]2C(C(=O)OC3CCCCC3)=C(C)NC3=C2C(=O)CCC3)cc1. The van der Waals surface area contributed by atoms with Crippen LogP contribution in [0.3, 0.4) is 0 Å². The minimum Gasteiger partial charge on any atom is -0.459 e. The van der Waals surface area contributed by atoms with Gasteiger partial charge in [0.05, 0.1) is 5.57 Å². The van der Waals surface area contributed by atoms with E-state index in [0.29, 0.717) is 12.0 Å². The smallest absolute Gasteiger partial charge is 0.337 e. The molecule has 0 amide bonds. The summed E-state index contributed by atoms with van der Waals surface area (Å²) in [4.78, 5) is 27.4. The number of nitrogens with one attached hydrogen (secondary N) is 1. The van der Waals surface area contributed by atoms with Crippen LogP contribution in [0.25, 0.3) is 0 Å². The van der Waals surface area contributed by atoms with Crippen LogP contribution in [0, 0.1) is 0 Å². The van der Waals surface area contributed by atoms with Crippen LogP contribution in [0.1, 0.15) is 69.8 Å². The van der Waals surface area contributed by atoms with Gasteiger partial charge in [0.1, 0.15) is 6.10 Å². The lowest BCUT2D eigenvalue weighted by Gasteiger charge is -2.35. The molecule has 1 saturated carbocycles. The Morgan fingerprint density at radius 3 is 2.48 bits per heavy atom. The summed E-state index contributed by atoms with van der Waals surface area (Å²) in [5.74, 6) is -0.468. The molecule has 4 nitrogen and oxygen atoms in total. The first-order valence-corrected chi connectivity index (χ1v) is 11.9. The van der Waals surface area contributed by atoms with Crippen molar-refractivity contribution in [3.63, 3.8) is 0 Å². The fourth-order valence-electron chi connectivity index (χ4n) is 4.78. The summed E-state index contributed by atoms with van der Waals surface area (Å²) in [7, 11) is 0. The number of carbonyl (C=O) groups excluding carboxylic acids is 2. The average molecular weight is 412 g/mol. The zero-order chi connectivity index (χ0) is 20.4. The summed E-state index contributed by atoms with van der Waals surface area (Å²) in [5, 5.41) is 3.37. The molecule has 1 heterocycles. The van der Waals surface area contributed by atoms with Gasteiger partial charge in [-0.1, -0.05) is 18.6 Å². The Balaban J connectivity index is 1.72. The Hall–Kier alpha value is -2.01. The maximum Gasteiger partial charge on any atom is 0.337 e. The molecule has 1 aromatic rings. The minimum absolute atomic E-state index is 0.00602. The number of Topliss-reactive ketones (excluding diaryl/α,β-unsaturated/α-hetero) is 1. The Morgan fingerprint density at radius 2 is 1.79 bits per heavy atom. The molecule has 0 saturated heterocycles. The molecule has 1 N–H and O–H groups in total. The maximum atomic E-state index is 13.3. The van der Waals surface area contributed by atoms with E-state index in [9.17, 15) is 9.59 Å². The van der Waals surface area contributed by atoms with Gasteiger partial charge in [-0.2, -0.15) is 0 Å². The van der Waals surface area contributed by atoms with Gasteiger partial charge in [0.15, 0.2) is 5.78 Å². The van der Waals surface area contributed by atoms with Gasteiger partial charge in [-0.25, -0.2) is 4.79 Å². The molecular weight excluding hydrogens is 382 g/mol. The van der Waals surface area contributed by atoms with E-state index in [2.05, 4.69) is 29.6 Å². The quantitative estimate of drug-likeness (QED) is 0.541. The Labute approximate surface area is 177 Å². The second-order valence-corrected chi connectivity index (χ2v) is 9.08. The highest BCUT2D eigenvalue weighted by Crippen LogP contribution is 2.43. The van der Waals surface area contributed by atoms with Crippen LogP contribution < -0.4 is 5.32 Å². The number of rotatable bonds is 4. The number of thioether (sulfide) groups is 1. The molecule has 1 aliphatic heterocycles. The summed E-state index contributed by atoms with van der Waals surface area (Å²) >= 11 is 1.68. The highest BCUT2D eigenvalue weighted by molar-refractivity contribution is 7.98. The third-order valence-corrected chi connectivity index (χ3v) is 7.01. The van der Waals surface area contributed by atoms with Gasteiger partial charge in [0, 0.05) is 34.2 Å². The molecule has 3 aliphatic rings. The normalized spacial score (nSPS) is 23.0. The van der Waals surface area contributed by atoms with Gasteiger partial charge in [-0.15, -0.1) is 11.8 Å². The van der Waals surface area contributed by atoms with Crippen molar-refractivity contribution in [2.45, 2.75) is 75.2 Å². The van der Waals surface area contributed by atoms with Gasteiger partial charge in [-0.3, -0.25) is 4.79 Å². The summed E-state index contributed by atoms with van der Waals surface area (Å²) in [6.07, 6.45) is 9.60. The van der Waals surface area contributed by atoms with Crippen LogP contribution in [0.5, 0.6) is 0 Å². The van der Waals surface area contributed by atoms with E-state index in [4.69, 9.17) is 4.74 Å². The highest BCUT2D eigenvalue weighted by Gasteiger charge is 2.39. The number of ether oxygens (including phenoxy) is 1. The van der Waals surface area contributed by atoms with E-state index in [0.717, 1.165) is 61.1 Å². The van der Waals surface area contributed by atoms with Crippen molar-refractivity contribution < 1.29 is 14.3 Å². The number of hydrogen-bond acceptors (Lipinski definition) is 5. The van der Waals surface area contributed by atoms with Crippen LogP contribution in [-0.2, 0) is 14.3 Å². The lowest BCUT2D eigenvalue weighted by molar-refractivity contribution is -0.146. The van der Waals surface area contributed by atoms with Gasteiger partial charge >= 0.3 is 5.97 Å². The van der Waals surface area contributed by atoms with E-state index in [1.807, 2.05) is 13.2 Å². The molecular formula is C24H29NO3S. The number of benzene rings is 1. The largest absolute Gasteiger partial charge is 0.459 e. The fraction of sp³-hybridized carbons (Fsp3) is 0.500. The summed E-state index contributed by atoms with van der Waals surface area (Å²) in [5.41, 5.74) is 4.14. The molecule has 0 bridgehead atoms. The lowest BCUT2D eigenvalue weighted by atomic mass is 9.75. The molecule has 1 fully saturated rings. The Bertz CT molecular complexity index is 863. The predicted molar refractivity (Wildman–Crippen MR) is 116 cm³/mol. The number of hydrogen-bond donors (Lipinski definition) is 1. The van der Waals surface area contributed by atoms with Crippen LogP contribution in [-0.4, -0.2) is 24.1 Å². The van der Waals surface area contributed by atoms with Crippen LogP contribution in [0.15, 0.2) is 51.7 Å². The van der Waals surface area contributed by atoms with Crippen molar-refractivity contribution in [3.8, 4) is 0 Å². The van der Waals surface area contributed by atoms with Crippen LogP contribution >= 0.6 is 11.8 Å². The van der Waals surface area contributed by atoms with Crippen LogP contribution in [0.2, 0.25) is 0 Å². The Kier molecular flexibility index (Phi) is 6.14. The second-order valence-electron chi connectivity index (χ2n) is 8.20. The van der Waals surface area contributed by atoms with Gasteiger partial charge in [0.2, 0.25) is 0 Å². The van der Waals surface area contributed by atoms with E-state index in [1.165, 1.54) is 11.3 Å². The maximum absolute atomic E-state index is 13.3. The average Bonchev–Trinajstić information content (AvgIpc) is 2.73. The number of esters is 1. The first kappa shape index (κ1) is 20.3. The van der Waals surface area contributed by atoms with E-state index < -0.39 is 0 Å². The van der Waals surface area contributed by atoms with Crippen molar-refractivity contribution >= 4 is 23.5 Å². The van der Waals surface area contributed by atoms with Gasteiger partial charge in [-0.05, 0) is 69.4 Å². The number of ketones is 1. The predicted octanol–water partition coefficient (Wildman–Crippen LogP) is 5.25. The molecule has 0 aromatic heterocycles. The molecule has 5 heteroatoms. The van der Waals surface area contributed by atoms with Gasteiger partial charge < -0.3 is 10.1 Å². The summed E-state index contributed by atoms with van der Waals surface area (Å²) < 4.78 is 5.94. The number of carbonyl (C=O) groups is 2. The summed E-state index contributed by atoms with van der Waals surface area (Å²) in [6, 6.07) is 8.23. The third-order valence-electron chi connectivity index (χ3n) is 6.27. The van der Waals surface area contributed by atoms with E-state index in [1.54, 1.807) is 11.8 Å². The van der Waals surface area contributed by atoms with E-state index in [-0.39, 0.29) is 23.8 Å². The molecule has 4 rings (SSSR count). The minimum atomic E-state index is -0.342. The second kappa shape index (κ2) is 8.78. The van der Waals surface area contributed by atoms with Crippen molar-refractivity contribution in [1.29, 1.82) is 0 Å². The molecule has 0 unspecified atom stereocenters. The molecule has 1 aromatic carbocycles. The van der Waals surface area contributed by atoms with Crippen molar-refractivity contribution in [3.05, 3.63) is 52.4 Å². The van der Waals surface area contributed by atoms with Crippen molar-refractivity contribution in [2.75, 3.05) is 6.26 Å². The number of allylic oxidation sites excluding steroid dienone is 3. The first-order valence-electron chi connectivity index (χ1n) is 10.7. The fourth-order valence-corrected chi connectivity index (χ4v) is 5.19. The zero-order valence-corrected chi connectivity index (χ0v) is 18.1. The Morgan fingerprint density at radius 1 is 1.07 bits per heavy atom. The third kappa shape index (κ3) is 4.16. The van der Waals surface area contributed by atoms with Crippen molar-refractivity contribution in [2.24, 2.45) is 0 Å². The zero-order valence-electron chi connectivity index (χ0n) is 17.3. The monoisotopic (exact) mass is 411 g/mol. The molecule has 0 radical (unpaired) electrons. The van der Waals surface area contributed by atoms with Crippen molar-refractivity contribution in [1.82, 2.24) is 5.32 Å². The molecule has 0 spiro atoms. The van der Waals surface area contributed by atoms with Crippen LogP contribution in [0.4, 0.5) is 0 Å². The highest BCUT2D eigenvalue weighted by atomic mass is 32.2. The van der Waals surface area contributed by atoms with Gasteiger partial charge in [0.25, 0.3) is 0 Å². The molecule has 29 heavy (non-hydrogen) atoms.